The Morgan fingerprint density at radius 1 is 1.21 bits per heavy atom. The lowest BCUT2D eigenvalue weighted by molar-refractivity contribution is -0.148. The molecule has 8 heteroatoms. The number of amides is 1. The minimum atomic E-state index is -0.969. The molecule has 28 heavy (non-hydrogen) atoms. The number of nitrogens with one attached hydrogen (secondary N) is 1. The molecule has 0 radical (unpaired) electrons. The van der Waals surface area contributed by atoms with E-state index in [1.807, 2.05) is 6.92 Å². The average Bonchev–Trinajstić information content (AvgIpc) is 2.91. The number of ether oxygens (including phenoxy) is 3. The maximum atomic E-state index is 12.3. The van der Waals surface area contributed by atoms with E-state index in [1.165, 1.54) is 27.2 Å². The molecule has 1 atom stereocenters. The van der Waals surface area contributed by atoms with E-state index in [1.54, 1.807) is 42.9 Å². The fourth-order valence-corrected chi connectivity index (χ4v) is 2.65. The van der Waals surface area contributed by atoms with Gasteiger partial charge in [0.05, 0.1) is 31.3 Å². The van der Waals surface area contributed by atoms with Crippen LogP contribution in [0.3, 0.4) is 0 Å². The van der Waals surface area contributed by atoms with Crippen molar-refractivity contribution in [2.24, 2.45) is 7.05 Å². The number of carbonyl (C=O) groups is 2. The van der Waals surface area contributed by atoms with Gasteiger partial charge < -0.3 is 19.5 Å². The SMILES string of the molecule is COc1cccc(/C=C/C(=O)O[C@H](C)C(=O)Nc2c(C)nn(C)c2C)c1OC. The first-order chi connectivity index (χ1) is 13.3. The second kappa shape index (κ2) is 9.07. The Kier molecular flexibility index (Phi) is 6.81. The van der Waals surface area contributed by atoms with Crippen molar-refractivity contribution in [2.75, 3.05) is 19.5 Å². The zero-order chi connectivity index (χ0) is 20.8. The summed E-state index contributed by atoms with van der Waals surface area (Å²) in [5.41, 5.74) is 2.77. The van der Waals surface area contributed by atoms with Crippen molar-refractivity contribution in [1.29, 1.82) is 0 Å². The molecule has 1 heterocycles. The van der Waals surface area contributed by atoms with E-state index in [-0.39, 0.29) is 0 Å². The third-order valence-corrected chi connectivity index (χ3v) is 4.25. The summed E-state index contributed by atoms with van der Waals surface area (Å²) in [5, 5.41) is 6.99. The second-order valence-electron chi connectivity index (χ2n) is 6.15. The molecule has 1 aromatic carbocycles. The van der Waals surface area contributed by atoms with E-state index in [0.717, 1.165) is 5.69 Å². The molecule has 0 aliphatic heterocycles. The van der Waals surface area contributed by atoms with Crippen molar-refractivity contribution in [1.82, 2.24) is 9.78 Å². The highest BCUT2D eigenvalue weighted by molar-refractivity contribution is 5.97. The Hall–Kier alpha value is -3.29. The molecular weight excluding hydrogens is 362 g/mol. The van der Waals surface area contributed by atoms with Gasteiger partial charge in [-0.2, -0.15) is 5.10 Å². The topological polar surface area (TPSA) is 91.7 Å². The molecule has 1 amide bonds. The third-order valence-electron chi connectivity index (χ3n) is 4.25. The van der Waals surface area contributed by atoms with Crippen molar-refractivity contribution >= 4 is 23.6 Å². The third kappa shape index (κ3) is 4.70. The van der Waals surface area contributed by atoms with Gasteiger partial charge in [-0.25, -0.2) is 4.79 Å². The van der Waals surface area contributed by atoms with Crippen molar-refractivity contribution < 1.29 is 23.8 Å². The summed E-state index contributed by atoms with van der Waals surface area (Å²) >= 11 is 0. The van der Waals surface area contributed by atoms with Gasteiger partial charge in [0, 0.05) is 18.7 Å². The molecule has 1 aromatic heterocycles. The summed E-state index contributed by atoms with van der Waals surface area (Å²) in [7, 11) is 4.84. The van der Waals surface area contributed by atoms with Gasteiger partial charge in [0.2, 0.25) is 0 Å². The highest BCUT2D eigenvalue weighted by atomic mass is 16.5. The highest BCUT2D eigenvalue weighted by Gasteiger charge is 2.20. The molecule has 0 saturated carbocycles. The lowest BCUT2D eigenvalue weighted by Gasteiger charge is -2.13. The molecule has 2 rings (SSSR count). The smallest absolute Gasteiger partial charge is 0.331 e. The summed E-state index contributed by atoms with van der Waals surface area (Å²) in [6.45, 7) is 5.15. The average molecular weight is 387 g/mol. The van der Waals surface area contributed by atoms with Crippen LogP contribution in [0.25, 0.3) is 6.08 Å². The van der Waals surface area contributed by atoms with Crippen LogP contribution in [0, 0.1) is 13.8 Å². The molecule has 150 valence electrons. The van der Waals surface area contributed by atoms with Crippen LogP contribution in [0.2, 0.25) is 0 Å². The molecule has 0 aliphatic rings. The standard InChI is InChI=1S/C20H25N3O5/c1-12-18(13(2)23(4)22-12)21-20(25)14(3)28-17(24)11-10-15-8-7-9-16(26-5)19(15)27-6/h7-11,14H,1-6H3,(H,21,25)/b11-10+/t14-/m1/s1. The van der Waals surface area contributed by atoms with E-state index < -0.39 is 18.0 Å². The molecule has 0 saturated heterocycles. The van der Waals surface area contributed by atoms with Crippen molar-refractivity contribution in [2.45, 2.75) is 26.9 Å². The summed E-state index contributed by atoms with van der Waals surface area (Å²) in [5.74, 6) is -0.0255. The Bertz CT molecular complexity index is 901. The summed E-state index contributed by atoms with van der Waals surface area (Å²) in [4.78, 5) is 24.4. The largest absolute Gasteiger partial charge is 0.493 e. The number of hydrogen-bond acceptors (Lipinski definition) is 6. The van der Waals surface area contributed by atoms with Crippen LogP contribution in [0.1, 0.15) is 23.9 Å². The molecule has 0 fully saturated rings. The number of aromatic nitrogens is 2. The van der Waals surface area contributed by atoms with E-state index >= 15 is 0 Å². The minimum Gasteiger partial charge on any atom is -0.493 e. The van der Waals surface area contributed by atoms with Crippen molar-refractivity contribution in [3.05, 3.63) is 41.2 Å². The first-order valence-corrected chi connectivity index (χ1v) is 8.69. The van der Waals surface area contributed by atoms with Crippen LogP contribution in [0.5, 0.6) is 11.5 Å². The lowest BCUT2D eigenvalue weighted by Crippen LogP contribution is -2.29. The molecule has 2 aromatic rings. The molecule has 0 spiro atoms. The van der Waals surface area contributed by atoms with Crippen LogP contribution in [-0.2, 0) is 21.4 Å². The van der Waals surface area contributed by atoms with E-state index in [0.29, 0.717) is 28.4 Å². The monoisotopic (exact) mass is 387 g/mol. The van der Waals surface area contributed by atoms with Crippen LogP contribution in [0.15, 0.2) is 24.3 Å². The van der Waals surface area contributed by atoms with Crippen LogP contribution < -0.4 is 14.8 Å². The fraction of sp³-hybridized carbons (Fsp3) is 0.350. The van der Waals surface area contributed by atoms with E-state index in [4.69, 9.17) is 14.2 Å². The number of benzene rings is 1. The van der Waals surface area contributed by atoms with Gasteiger partial charge in [0.1, 0.15) is 0 Å². The molecule has 8 nitrogen and oxygen atoms in total. The van der Waals surface area contributed by atoms with Gasteiger partial charge in [0.25, 0.3) is 5.91 Å². The predicted octanol–water partition coefficient (Wildman–Crippen LogP) is 2.64. The minimum absolute atomic E-state index is 0.431. The van der Waals surface area contributed by atoms with Gasteiger partial charge >= 0.3 is 5.97 Å². The van der Waals surface area contributed by atoms with Gasteiger partial charge in [-0.1, -0.05) is 12.1 Å². The molecule has 0 unspecified atom stereocenters. The fourth-order valence-electron chi connectivity index (χ4n) is 2.65. The summed E-state index contributed by atoms with van der Waals surface area (Å²) in [6.07, 6.45) is 1.81. The molecular formula is C20H25N3O5. The number of esters is 1. The number of aryl methyl sites for hydroxylation is 2. The van der Waals surface area contributed by atoms with Gasteiger partial charge in [-0.05, 0) is 32.9 Å². The highest BCUT2D eigenvalue weighted by Crippen LogP contribution is 2.31. The Balaban J connectivity index is 2.02. The predicted molar refractivity (Wildman–Crippen MR) is 105 cm³/mol. The second-order valence-corrected chi connectivity index (χ2v) is 6.15. The number of nitrogens with zero attached hydrogens (tertiary/aromatic N) is 2. The van der Waals surface area contributed by atoms with Gasteiger partial charge in [0.15, 0.2) is 17.6 Å². The zero-order valence-electron chi connectivity index (χ0n) is 16.9. The molecule has 0 aliphatic carbocycles. The van der Waals surface area contributed by atoms with Crippen LogP contribution in [0.4, 0.5) is 5.69 Å². The molecule has 1 N–H and O–H groups in total. The number of para-hydroxylation sites is 1. The first-order valence-electron chi connectivity index (χ1n) is 8.69. The molecule has 0 bridgehead atoms. The Morgan fingerprint density at radius 3 is 2.50 bits per heavy atom. The number of hydrogen-bond donors (Lipinski definition) is 1. The van der Waals surface area contributed by atoms with E-state index in [2.05, 4.69) is 10.4 Å². The van der Waals surface area contributed by atoms with Crippen molar-refractivity contribution in [3.8, 4) is 11.5 Å². The van der Waals surface area contributed by atoms with Crippen molar-refractivity contribution in [3.63, 3.8) is 0 Å². The summed E-state index contributed by atoms with van der Waals surface area (Å²) in [6, 6.07) is 5.31. The normalized spacial score (nSPS) is 11.9. The summed E-state index contributed by atoms with van der Waals surface area (Å²) < 4.78 is 17.4. The van der Waals surface area contributed by atoms with Gasteiger partial charge in [-0.15, -0.1) is 0 Å². The zero-order valence-corrected chi connectivity index (χ0v) is 16.9. The quantitative estimate of drug-likeness (QED) is 0.580. The Morgan fingerprint density at radius 2 is 1.93 bits per heavy atom. The van der Waals surface area contributed by atoms with E-state index in [9.17, 15) is 9.59 Å². The van der Waals surface area contributed by atoms with Crippen LogP contribution >= 0.6 is 0 Å². The maximum absolute atomic E-state index is 12.3. The Labute approximate surface area is 164 Å². The van der Waals surface area contributed by atoms with Crippen LogP contribution in [-0.4, -0.2) is 42.0 Å². The van der Waals surface area contributed by atoms with Gasteiger partial charge in [-0.3, -0.25) is 9.48 Å². The number of carbonyl (C=O) groups excluding carboxylic acids is 2. The number of anilines is 1. The lowest BCUT2D eigenvalue weighted by atomic mass is 10.1. The first kappa shape index (κ1) is 21.0. The number of methoxy groups -OCH3 is 2. The number of rotatable bonds is 7. The maximum Gasteiger partial charge on any atom is 0.331 e.